The Bertz CT molecular complexity index is 2710. The number of hydrogen-bond acceptors (Lipinski definition) is 21. The predicted molar refractivity (Wildman–Crippen MR) is 347 cm³/mol. The molecule has 0 spiro atoms. The maximum atomic E-state index is 12.6. The van der Waals surface area contributed by atoms with Crippen molar-refractivity contribution in [2.24, 2.45) is 86.3 Å². The summed E-state index contributed by atoms with van der Waals surface area (Å²) in [6.45, 7) is 32.3. The van der Waals surface area contributed by atoms with Crippen LogP contribution in [0.5, 0.6) is 0 Å². The van der Waals surface area contributed by atoms with Crippen molar-refractivity contribution in [3.05, 3.63) is 0 Å². The second-order valence-electron chi connectivity index (χ2n) is 32.8. The normalized spacial score (nSPS) is 32.3. The van der Waals surface area contributed by atoms with Crippen LogP contribution in [0.15, 0.2) is 0 Å². The molecule has 13 aliphatic rings. The van der Waals surface area contributed by atoms with Crippen LogP contribution in [0.2, 0.25) is 0 Å². The van der Waals surface area contributed by atoms with E-state index in [-0.39, 0.29) is 144 Å². The van der Waals surface area contributed by atoms with Crippen molar-refractivity contribution in [2.45, 2.75) is 294 Å². The van der Waals surface area contributed by atoms with Gasteiger partial charge in [0.05, 0.1) is 38.9 Å². The monoisotopic (exact) mass is 1340 g/mol. The summed E-state index contributed by atoms with van der Waals surface area (Å²) in [5, 5.41) is 0. The second kappa shape index (κ2) is 31.1. The number of hydrogen-bond donors (Lipinski definition) is 0. The summed E-state index contributed by atoms with van der Waals surface area (Å²) in [5.74, 6) is 1.39. The van der Waals surface area contributed by atoms with Crippen LogP contribution in [0.25, 0.3) is 0 Å². The van der Waals surface area contributed by atoms with Gasteiger partial charge in [-0.25, -0.2) is 14.4 Å². The lowest BCUT2D eigenvalue weighted by molar-refractivity contribution is -0.218. The Morgan fingerprint density at radius 2 is 0.926 bits per heavy atom. The van der Waals surface area contributed by atoms with E-state index in [1.807, 2.05) is 69.2 Å². The van der Waals surface area contributed by atoms with Gasteiger partial charge in [-0.1, -0.05) is 41.5 Å². The molecule has 0 radical (unpaired) electrons. The second-order valence-corrected chi connectivity index (χ2v) is 32.8. The van der Waals surface area contributed by atoms with Crippen LogP contribution in [-0.4, -0.2) is 128 Å². The van der Waals surface area contributed by atoms with E-state index in [1.165, 1.54) is 44.9 Å². The zero-order valence-electron chi connectivity index (χ0n) is 60.4. The van der Waals surface area contributed by atoms with Gasteiger partial charge in [-0.2, -0.15) is 0 Å². The first-order valence-electron chi connectivity index (χ1n) is 36.0. The molecule has 9 saturated carbocycles. The van der Waals surface area contributed by atoms with E-state index in [4.69, 9.17) is 47.4 Å². The van der Waals surface area contributed by atoms with Crippen LogP contribution < -0.4 is 0 Å². The Labute approximate surface area is 564 Å². The molecule has 0 amide bonds. The third-order valence-electron chi connectivity index (χ3n) is 24.0. The van der Waals surface area contributed by atoms with Crippen molar-refractivity contribution in [3.63, 3.8) is 0 Å². The van der Waals surface area contributed by atoms with Gasteiger partial charge in [-0.05, 0) is 235 Å². The van der Waals surface area contributed by atoms with E-state index in [0.717, 1.165) is 82.5 Å². The summed E-state index contributed by atoms with van der Waals surface area (Å²) >= 11 is 0. The first kappa shape index (κ1) is 76.9. The largest absolute Gasteiger partial charge is 0.508 e. The van der Waals surface area contributed by atoms with Gasteiger partial charge in [0, 0.05) is 23.7 Å². The van der Waals surface area contributed by atoms with Crippen LogP contribution in [0.4, 0.5) is 4.79 Å². The highest BCUT2D eigenvalue weighted by molar-refractivity contribution is 5.82. The Morgan fingerprint density at radius 3 is 1.38 bits per heavy atom. The van der Waals surface area contributed by atoms with Gasteiger partial charge in [0.1, 0.15) is 48.8 Å². The lowest BCUT2D eigenvalue weighted by Gasteiger charge is -2.60. The van der Waals surface area contributed by atoms with E-state index in [1.54, 1.807) is 27.7 Å². The number of carbonyl (C=O) groups is 10. The van der Waals surface area contributed by atoms with Crippen molar-refractivity contribution in [1.82, 2.24) is 0 Å². The maximum Gasteiger partial charge on any atom is 0.508 e. The molecule has 0 aromatic rings. The standard InChI is InChI=1S/C18H26O6.C18H30O2.C16H22O6.C12H22O2.C10H16O5/c1-4-18(2,3)17(21)22-9-14(19)24-15-10-5-12-6-11(15)8-13(7-10)23-16(12)20;1-5-17(3,4)16(19)20-18(6-2)14-8-12-7-13(10-14)11-15(18)9-12;1-4-16(2,3)15(19)20-7-11(17)21-12-8-5-9-10(6-8)14(18)22-13(9)12;1-5-11(2,3)10(13)14-12(4)8-6-7-9-12;1-4-10(2,3)8(11)13-5-7-6-14-9(12)15-7/h10-13,15H,4-9H2,1-3H3;12-15H,5-11H2,1-4H3;8-10,12-13H,4-7H2,1-3H3;5-9H2,1-4H3;7H,4-6H2,1-3H3. The third-order valence-corrected chi connectivity index (χ3v) is 24.0. The molecule has 0 N–H and O–H groups in total. The van der Waals surface area contributed by atoms with Crippen molar-refractivity contribution >= 4 is 59.9 Å². The molecule has 21 nitrogen and oxygen atoms in total. The first-order chi connectivity index (χ1) is 44.4. The van der Waals surface area contributed by atoms with Crippen LogP contribution in [0.1, 0.15) is 253 Å². The first-order valence-corrected chi connectivity index (χ1v) is 36.0. The Hall–Kier alpha value is -5.50. The summed E-state index contributed by atoms with van der Waals surface area (Å²) in [6, 6.07) is 0. The zero-order chi connectivity index (χ0) is 70.4. The number of cyclic esters (lactones) is 2. The number of rotatable bonds is 21. The van der Waals surface area contributed by atoms with Gasteiger partial charge < -0.3 is 52.1 Å². The zero-order valence-corrected chi connectivity index (χ0v) is 60.4. The van der Waals surface area contributed by atoms with Gasteiger partial charge in [-0.3, -0.25) is 33.6 Å². The third kappa shape index (κ3) is 18.4. The molecule has 95 heavy (non-hydrogen) atoms. The molecule has 21 heteroatoms. The molecule has 0 aromatic carbocycles. The quantitative estimate of drug-likeness (QED) is 0.0763. The van der Waals surface area contributed by atoms with Crippen molar-refractivity contribution < 1.29 is 100 Å². The molecule has 13 rings (SSSR count). The highest BCUT2D eigenvalue weighted by atomic mass is 16.8. The maximum absolute atomic E-state index is 12.6. The highest BCUT2D eigenvalue weighted by Gasteiger charge is 2.64. The highest BCUT2D eigenvalue weighted by Crippen LogP contribution is 2.61. The van der Waals surface area contributed by atoms with E-state index in [2.05, 4.69) is 25.5 Å². The minimum absolute atomic E-state index is 0.00636. The summed E-state index contributed by atoms with van der Waals surface area (Å²) < 4.78 is 58.2. The Balaban J connectivity index is 0.000000170. The van der Waals surface area contributed by atoms with Crippen LogP contribution in [0, 0.1) is 86.3 Å². The number of fused-ring (bicyclic) bond motifs is 2. The van der Waals surface area contributed by atoms with Gasteiger partial charge in [-0.15, -0.1) is 0 Å². The molecule has 13 fully saturated rings. The van der Waals surface area contributed by atoms with Gasteiger partial charge in [0.2, 0.25) is 0 Å². The lowest BCUT2D eigenvalue weighted by atomic mass is 9.49. The lowest BCUT2D eigenvalue weighted by Crippen LogP contribution is -2.60. The molecule has 4 aliphatic heterocycles. The van der Waals surface area contributed by atoms with Crippen molar-refractivity contribution in [1.29, 1.82) is 0 Å². The summed E-state index contributed by atoms with van der Waals surface area (Å²) in [7, 11) is 0. The van der Waals surface area contributed by atoms with E-state index in [9.17, 15) is 47.9 Å². The smallest absolute Gasteiger partial charge is 0.462 e. The van der Waals surface area contributed by atoms with Gasteiger partial charge in [0.25, 0.3) is 0 Å². The Morgan fingerprint density at radius 1 is 0.484 bits per heavy atom. The number of ether oxygens (including phenoxy) is 11. The molecule has 4 saturated heterocycles. The van der Waals surface area contributed by atoms with Gasteiger partial charge >= 0.3 is 59.9 Å². The fourth-order valence-corrected chi connectivity index (χ4v) is 15.8. The SMILES string of the molecule is CCC(C)(C)C(=O)OC1(C)CCCC1.CCC(C)(C)C(=O)OC1(CC)C2CC3CC(C2)CC1C3.CCC(C)(C)C(=O)OCC(=O)OC1C2CC3C(=O)OC1C3C2.CCC(C)(C)C(=O)OCC(=O)OC1C2CC3CC1CC(C2)C(=O)O3.CCC(C)(C)C(=O)OCC1COC(=O)O1. The summed E-state index contributed by atoms with van der Waals surface area (Å²) in [6.07, 6.45) is 18.3. The minimum Gasteiger partial charge on any atom is -0.462 e. The van der Waals surface area contributed by atoms with E-state index in [0.29, 0.717) is 31.1 Å². The van der Waals surface area contributed by atoms with Crippen LogP contribution >= 0.6 is 0 Å². The van der Waals surface area contributed by atoms with E-state index < -0.39 is 46.4 Å². The average Bonchev–Trinajstić information content (AvgIpc) is 1.62. The molecular weight excluding hydrogens is 1220 g/mol. The van der Waals surface area contributed by atoms with Crippen LogP contribution in [0.3, 0.4) is 0 Å². The average molecular weight is 1340 g/mol. The molecule has 8 atom stereocenters. The van der Waals surface area contributed by atoms with E-state index >= 15 is 0 Å². The predicted octanol–water partition coefficient (Wildman–Crippen LogP) is 13.1. The van der Waals surface area contributed by atoms with Crippen LogP contribution in [-0.2, 0) is 95.3 Å². The number of esters is 9. The fraction of sp³-hybridized carbons (Fsp3) is 0.865. The Kier molecular flexibility index (Phi) is 25.2. The molecule has 8 unspecified atom stereocenters. The summed E-state index contributed by atoms with van der Waals surface area (Å²) in [5.41, 5.74) is -2.67. The van der Waals surface area contributed by atoms with Crippen molar-refractivity contribution in [2.75, 3.05) is 26.4 Å². The van der Waals surface area contributed by atoms with Crippen molar-refractivity contribution in [3.8, 4) is 0 Å². The molecular formula is C74H116O21. The molecule has 0 aromatic heterocycles. The molecule has 10 bridgehead atoms. The molecule has 9 aliphatic carbocycles. The number of carbonyl (C=O) groups excluding carboxylic acids is 10. The molecule has 538 valence electrons. The van der Waals surface area contributed by atoms with Gasteiger partial charge in [0.15, 0.2) is 19.3 Å². The topological polar surface area (TPSA) is 272 Å². The molecule has 4 heterocycles. The summed E-state index contributed by atoms with van der Waals surface area (Å²) in [4.78, 5) is 118. The minimum atomic E-state index is -0.703. The fourth-order valence-electron chi connectivity index (χ4n) is 15.8.